The van der Waals surface area contributed by atoms with Gasteiger partial charge in [0.25, 0.3) is 0 Å². The van der Waals surface area contributed by atoms with E-state index in [1.165, 1.54) is 6.08 Å². The molecule has 0 bridgehead atoms. The van der Waals surface area contributed by atoms with E-state index < -0.39 is 44.5 Å². The number of likely N-dealkylation sites (tertiary alicyclic amines) is 1. The van der Waals surface area contributed by atoms with E-state index in [4.69, 9.17) is 9.16 Å². The highest BCUT2D eigenvalue weighted by Gasteiger charge is 2.56. The highest BCUT2D eigenvalue weighted by atomic mass is 28.4. The van der Waals surface area contributed by atoms with Gasteiger partial charge < -0.3 is 23.7 Å². The van der Waals surface area contributed by atoms with Crippen molar-refractivity contribution in [2.24, 2.45) is 13.0 Å². The SMILES string of the molecule is C=CCOC(=O)C(O)N1C(=O)[C@H]([C@H](C)O[Si](C)(C)C(C)(C)C)[C@H]1CC(=O)c1ccc2c(c1)cc(C)n2C. The molecule has 1 saturated heterocycles. The van der Waals surface area contributed by atoms with Crippen molar-refractivity contribution in [1.82, 2.24) is 9.47 Å². The van der Waals surface area contributed by atoms with Gasteiger partial charge in [-0.25, -0.2) is 4.79 Å². The summed E-state index contributed by atoms with van der Waals surface area (Å²) in [5.74, 6) is -2.23. The van der Waals surface area contributed by atoms with Crippen LogP contribution in [0.3, 0.4) is 0 Å². The van der Waals surface area contributed by atoms with Gasteiger partial charge in [0, 0.05) is 35.6 Å². The monoisotopic (exact) mass is 528 g/mol. The number of ether oxygens (including phenoxy) is 1. The van der Waals surface area contributed by atoms with Crippen molar-refractivity contribution < 1.29 is 28.7 Å². The molecule has 1 aliphatic heterocycles. The maximum atomic E-state index is 13.4. The van der Waals surface area contributed by atoms with Crippen LogP contribution in [0.4, 0.5) is 0 Å². The summed E-state index contributed by atoms with van der Waals surface area (Å²) in [4.78, 5) is 40.1. The van der Waals surface area contributed by atoms with Crippen LogP contribution in [0.15, 0.2) is 36.9 Å². The Morgan fingerprint density at radius 1 is 1.24 bits per heavy atom. The topological polar surface area (TPSA) is 98.1 Å². The minimum atomic E-state index is -2.22. The Hall–Kier alpha value is -2.75. The van der Waals surface area contributed by atoms with E-state index in [1.807, 2.05) is 39.1 Å². The summed E-state index contributed by atoms with van der Waals surface area (Å²) >= 11 is 0. The average Bonchev–Trinajstić information content (AvgIpc) is 3.08. The molecule has 3 rings (SSSR count). The number of amides is 1. The Labute approximate surface area is 220 Å². The number of carbonyl (C=O) groups excluding carboxylic acids is 3. The number of benzene rings is 1. The third-order valence-corrected chi connectivity index (χ3v) is 12.5. The zero-order valence-corrected chi connectivity index (χ0v) is 24.2. The van der Waals surface area contributed by atoms with Crippen molar-refractivity contribution in [3.8, 4) is 0 Å². The first-order chi connectivity index (χ1) is 17.1. The second kappa shape index (κ2) is 10.5. The molecule has 1 fully saturated rings. The number of ketones is 1. The van der Waals surface area contributed by atoms with Gasteiger partial charge in [0.15, 0.2) is 14.1 Å². The van der Waals surface area contributed by atoms with Crippen LogP contribution in [0.25, 0.3) is 10.9 Å². The lowest BCUT2D eigenvalue weighted by Gasteiger charge is -2.52. The highest BCUT2D eigenvalue weighted by Crippen LogP contribution is 2.42. The summed E-state index contributed by atoms with van der Waals surface area (Å²) in [6.07, 6.45) is -0.966. The Morgan fingerprint density at radius 3 is 2.49 bits per heavy atom. The largest absolute Gasteiger partial charge is 0.458 e. The Morgan fingerprint density at radius 2 is 1.89 bits per heavy atom. The van der Waals surface area contributed by atoms with E-state index in [0.29, 0.717) is 5.56 Å². The molecule has 37 heavy (non-hydrogen) atoms. The van der Waals surface area contributed by atoms with Crippen LogP contribution in [-0.4, -0.2) is 65.5 Å². The summed E-state index contributed by atoms with van der Waals surface area (Å²) in [6.45, 7) is 17.8. The molecule has 0 spiro atoms. The van der Waals surface area contributed by atoms with Gasteiger partial charge in [-0.1, -0.05) is 33.4 Å². The van der Waals surface area contributed by atoms with E-state index in [1.54, 1.807) is 6.07 Å². The van der Waals surface area contributed by atoms with E-state index in [0.717, 1.165) is 21.5 Å². The fraction of sp³-hybridized carbons (Fsp3) is 0.536. The average molecular weight is 529 g/mol. The van der Waals surface area contributed by atoms with Gasteiger partial charge in [0.05, 0.1) is 18.1 Å². The molecule has 1 unspecified atom stereocenters. The maximum Gasteiger partial charge on any atom is 0.356 e. The predicted octanol–water partition coefficient (Wildman–Crippen LogP) is 4.34. The number of Topliss-reactive ketones (excluding diaryl/α,β-unsaturated/α-hetero) is 1. The third-order valence-electron chi connectivity index (χ3n) is 7.92. The number of fused-ring (bicyclic) bond motifs is 1. The Bertz CT molecular complexity index is 1210. The summed E-state index contributed by atoms with van der Waals surface area (Å²) in [5, 5.41) is 11.6. The molecule has 1 aromatic heterocycles. The number of nitrogens with zero attached hydrogens (tertiary/aromatic N) is 2. The van der Waals surface area contributed by atoms with Crippen molar-refractivity contribution in [2.45, 2.75) is 77.5 Å². The maximum absolute atomic E-state index is 13.4. The number of carbonyl (C=O) groups is 3. The molecule has 2 heterocycles. The quantitative estimate of drug-likeness (QED) is 0.162. The molecule has 8 nitrogen and oxygen atoms in total. The molecule has 4 atom stereocenters. The molecule has 0 radical (unpaired) electrons. The standard InChI is InChI=1S/C28H40N2O6Si/c1-10-13-35-27(34)26(33)30-22(24(25(30)32)18(3)36-37(8,9)28(4,5)6)16-23(31)19-11-12-21-20(15-19)14-17(2)29(21)7/h10-12,14-15,18,22,24,26,33H,1,13,16H2,2-9H3/t18-,22+,24+,26?/m0/s1. The fourth-order valence-corrected chi connectivity index (χ4v) is 6.07. The molecule has 1 aromatic carbocycles. The Balaban J connectivity index is 1.89. The van der Waals surface area contributed by atoms with Crippen molar-refractivity contribution >= 4 is 36.9 Å². The summed E-state index contributed by atoms with van der Waals surface area (Å²) in [5.41, 5.74) is 2.61. The summed E-state index contributed by atoms with van der Waals surface area (Å²) in [6, 6.07) is 6.83. The number of aryl methyl sites for hydroxylation is 2. The van der Waals surface area contributed by atoms with Crippen LogP contribution < -0.4 is 0 Å². The molecule has 202 valence electrons. The number of hydrogen-bond donors (Lipinski definition) is 1. The zero-order chi connectivity index (χ0) is 27.9. The van der Waals surface area contributed by atoms with Crippen molar-refractivity contribution in [3.63, 3.8) is 0 Å². The number of aromatic nitrogens is 1. The van der Waals surface area contributed by atoms with Crippen LogP contribution >= 0.6 is 0 Å². The van der Waals surface area contributed by atoms with Crippen LogP contribution in [0, 0.1) is 12.8 Å². The van der Waals surface area contributed by atoms with Gasteiger partial charge in [-0.2, -0.15) is 0 Å². The molecule has 1 amide bonds. The first-order valence-corrected chi connectivity index (χ1v) is 15.6. The van der Waals surface area contributed by atoms with Crippen LogP contribution in [-0.2, 0) is 25.8 Å². The van der Waals surface area contributed by atoms with Gasteiger partial charge in [-0.05, 0) is 56.2 Å². The first kappa shape index (κ1) is 28.8. The van der Waals surface area contributed by atoms with Gasteiger partial charge in [0.2, 0.25) is 12.1 Å². The van der Waals surface area contributed by atoms with Crippen molar-refractivity contribution in [3.05, 3.63) is 48.2 Å². The third kappa shape index (κ3) is 5.58. The molecular weight excluding hydrogens is 488 g/mol. The Kier molecular flexibility index (Phi) is 8.21. The molecule has 1 aliphatic rings. The first-order valence-electron chi connectivity index (χ1n) is 12.7. The molecule has 0 saturated carbocycles. The van der Waals surface area contributed by atoms with Crippen LogP contribution in [0.5, 0.6) is 0 Å². The minimum absolute atomic E-state index is 0.0509. The fourth-order valence-electron chi connectivity index (χ4n) is 4.64. The second-order valence-corrected chi connectivity index (χ2v) is 16.2. The molecule has 0 aliphatic carbocycles. The lowest BCUT2D eigenvalue weighted by atomic mass is 9.79. The number of aliphatic hydroxyl groups excluding tert-OH is 1. The number of aliphatic hydroxyl groups is 1. The van der Waals surface area contributed by atoms with Gasteiger partial charge >= 0.3 is 5.97 Å². The van der Waals surface area contributed by atoms with Gasteiger partial charge in [-0.3, -0.25) is 9.59 Å². The van der Waals surface area contributed by atoms with Crippen molar-refractivity contribution in [2.75, 3.05) is 6.61 Å². The smallest absolute Gasteiger partial charge is 0.356 e. The summed E-state index contributed by atoms with van der Waals surface area (Å²) in [7, 11) is -0.251. The van der Waals surface area contributed by atoms with Crippen molar-refractivity contribution in [1.29, 1.82) is 0 Å². The number of hydrogen-bond acceptors (Lipinski definition) is 6. The van der Waals surface area contributed by atoms with Gasteiger partial charge in [-0.15, -0.1) is 0 Å². The number of β-lactam (4-membered cyclic amide) rings is 1. The zero-order valence-electron chi connectivity index (χ0n) is 23.2. The van der Waals surface area contributed by atoms with E-state index in [9.17, 15) is 19.5 Å². The van der Waals surface area contributed by atoms with Crippen LogP contribution in [0.2, 0.25) is 18.1 Å². The minimum Gasteiger partial charge on any atom is -0.458 e. The summed E-state index contributed by atoms with van der Waals surface area (Å²) < 4.78 is 13.5. The van der Waals surface area contributed by atoms with E-state index in [2.05, 4.69) is 45.0 Å². The molecule has 9 heteroatoms. The van der Waals surface area contributed by atoms with Crippen LogP contribution in [0.1, 0.15) is 50.2 Å². The normalized spacial score (nSPS) is 19.9. The van der Waals surface area contributed by atoms with E-state index in [-0.39, 0.29) is 23.8 Å². The molecule has 2 aromatic rings. The second-order valence-electron chi connectivity index (χ2n) is 11.5. The van der Waals surface area contributed by atoms with E-state index >= 15 is 0 Å². The highest BCUT2D eigenvalue weighted by molar-refractivity contribution is 6.74. The number of rotatable bonds is 10. The lowest BCUT2D eigenvalue weighted by molar-refractivity contribution is -0.195. The lowest BCUT2D eigenvalue weighted by Crippen LogP contribution is -2.70. The number of esters is 1. The predicted molar refractivity (Wildman–Crippen MR) is 146 cm³/mol. The molecular formula is C28H40N2O6Si. The van der Waals surface area contributed by atoms with Gasteiger partial charge in [0.1, 0.15) is 6.61 Å². The molecule has 1 N–H and O–H groups in total.